The highest BCUT2D eigenvalue weighted by atomic mass is 32.2. The van der Waals surface area contributed by atoms with Gasteiger partial charge in [-0.3, -0.25) is 9.80 Å². The van der Waals surface area contributed by atoms with E-state index >= 15 is 0 Å². The number of aromatic nitrogens is 1. The first kappa shape index (κ1) is 22.5. The van der Waals surface area contributed by atoms with Crippen LogP contribution < -0.4 is 10.6 Å². The molecule has 8 nitrogen and oxygen atoms in total. The summed E-state index contributed by atoms with van der Waals surface area (Å²) in [6, 6.07) is 12.3. The lowest BCUT2D eigenvalue weighted by molar-refractivity contribution is 0.122. The molecule has 2 aliphatic heterocycles. The zero-order valence-electron chi connectivity index (χ0n) is 18.5. The second-order valence-corrected chi connectivity index (χ2v) is 10.6. The SMILES string of the molecule is Nc1cccc(-c2cc3cc(CN4CCN(C[SH](=O)=O)CC4)sc3c(N3CCOCC3)n2)c1. The van der Waals surface area contributed by atoms with Crippen LogP contribution in [-0.2, 0) is 22.0 Å². The largest absolute Gasteiger partial charge is 0.399 e. The fraction of sp³-hybridized carbons (Fsp3) is 0.435. The Balaban J connectivity index is 1.43. The minimum absolute atomic E-state index is 0.160. The first-order valence-electron chi connectivity index (χ1n) is 11.2. The molecule has 3 aromatic rings. The number of fused-ring (bicyclic) bond motifs is 1. The molecule has 0 bridgehead atoms. The van der Waals surface area contributed by atoms with Crippen LogP contribution in [0.3, 0.4) is 0 Å². The van der Waals surface area contributed by atoms with Gasteiger partial charge < -0.3 is 15.4 Å². The predicted octanol–water partition coefficient (Wildman–Crippen LogP) is 2.07. The summed E-state index contributed by atoms with van der Waals surface area (Å²) in [5.41, 5.74) is 8.72. The van der Waals surface area contributed by atoms with Gasteiger partial charge in [0.1, 0.15) is 5.82 Å². The topological polar surface area (TPSA) is 92.0 Å². The molecular formula is C23H29N5O3S2. The number of nitrogens with zero attached hydrogens (tertiary/aromatic N) is 4. The van der Waals surface area contributed by atoms with Gasteiger partial charge in [-0.2, -0.15) is 0 Å². The number of benzene rings is 1. The third-order valence-electron chi connectivity index (χ3n) is 6.19. The Kier molecular flexibility index (Phi) is 6.79. The molecule has 10 heteroatoms. The summed E-state index contributed by atoms with van der Waals surface area (Å²) in [7, 11) is -2.35. The number of nitrogen functional groups attached to an aromatic ring is 1. The summed E-state index contributed by atoms with van der Waals surface area (Å²) in [6.45, 7) is 7.28. The number of morpholine rings is 1. The number of thiol groups is 1. The van der Waals surface area contributed by atoms with Crippen molar-refractivity contribution in [3.63, 3.8) is 0 Å². The monoisotopic (exact) mass is 487 g/mol. The van der Waals surface area contributed by atoms with E-state index in [0.29, 0.717) is 13.2 Å². The molecule has 0 unspecified atom stereocenters. The summed E-state index contributed by atoms with van der Waals surface area (Å²) < 4.78 is 28.8. The highest BCUT2D eigenvalue weighted by molar-refractivity contribution is 7.72. The van der Waals surface area contributed by atoms with Gasteiger partial charge in [0.05, 0.1) is 29.5 Å². The number of ether oxygens (including phenoxy) is 1. The summed E-state index contributed by atoms with van der Waals surface area (Å²) in [5.74, 6) is 1.18. The molecule has 0 spiro atoms. The lowest BCUT2D eigenvalue weighted by Gasteiger charge is -2.33. The molecule has 0 radical (unpaired) electrons. The van der Waals surface area contributed by atoms with Crippen LogP contribution in [0.25, 0.3) is 21.3 Å². The lowest BCUT2D eigenvalue weighted by atomic mass is 10.1. The molecule has 1 aromatic carbocycles. The van der Waals surface area contributed by atoms with Crippen molar-refractivity contribution in [3.8, 4) is 11.3 Å². The maximum Gasteiger partial charge on any atom is 0.153 e. The molecule has 2 aliphatic rings. The van der Waals surface area contributed by atoms with Crippen molar-refractivity contribution in [2.24, 2.45) is 0 Å². The summed E-state index contributed by atoms with van der Waals surface area (Å²) >= 11 is 1.81. The van der Waals surface area contributed by atoms with E-state index in [0.717, 1.165) is 68.6 Å². The second-order valence-electron chi connectivity index (χ2n) is 8.56. The van der Waals surface area contributed by atoms with E-state index in [-0.39, 0.29) is 5.88 Å². The van der Waals surface area contributed by atoms with Crippen molar-refractivity contribution < 1.29 is 13.2 Å². The van der Waals surface area contributed by atoms with E-state index in [1.165, 1.54) is 15.0 Å². The average molecular weight is 488 g/mol. The molecule has 0 amide bonds. The van der Waals surface area contributed by atoms with Gasteiger partial charge in [0.2, 0.25) is 0 Å². The average Bonchev–Trinajstić information content (AvgIpc) is 3.22. The number of pyridine rings is 1. The van der Waals surface area contributed by atoms with Crippen LogP contribution in [0.4, 0.5) is 11.5 Å². The first-order valence-corrected chi connectivity index (χ1v) is 13.4. The van der Waals surface area contributed by atoms with Gasteiger partial charge in [-0.25, -0.2) is 13.4 Å². The normalized spacial score (nSPS) is 18.4. The Morgan fingerprint density at radius 1 is 1.00 bits per heavy atom. The first-order chi connectivity index (χ1) is 16.0. The van der Waals surface area contributed by atoms with Crippen LogP contribution in [0.5, 0.6) is 0 Å². The fourth-order valence-corrected chi connectivity index (χ4v) is 6.28. The number of thiophene rings is 1. The van der Waals surface area contributed by atoms with Crippen LogP contribution in [0.1, 0.15) is 4.88 Å². The number of hydrogen-bond donors (Lipinski definition) is 2. The van der Waals surface area contributed by atoms with Gasteiger partial charge in [-0.05, 0) is 29.7 Å². The van der Waals surface area contributed by atoms with Crippen molar-refractivity contribution in [2.75, 3.05) is 69.0 Å². The van der Waals surface area contributed by atoms with E-state index in [1.54, 1.807) is 0 Å². The Morgan fingerprint density at radius 3 is 2.48 bits per heavy atom. The van der Waals surface area contributed by atoms with E-state index in [9.17, 15) is 8.42 Å². The van der Waals surface area contributed by atoms with Crippen molar-refractivity contribution >= 4 is 43.6 Å². The maximum absolute atomic E-state index is 11.0. The third-order valence-corrected chi connectivity index (χ3v) is 7.95. The van der Waals surface area contributed by atoms with Crippen LogP contribution in [-0.4, -0.2) is 81.6 Å². The van der Waals surface area contributed by atoms with Gasteiger partial charge in [-0.15, -0.1) is 11.3 Å². The zero-order chi connectivity index (χ0) is 22.8. The van der Waals surface area contributed by atoms with Crippen LogP contribution in [0.15, 0.2) is 36.4 Å². The lowest BCUT2D eigenvalue weighted by Crippen LogP contribution is -2.46. The quantitative estimate of drug-likeness (QED) is 0.403. The number of rotatable bonds is 6. The third kappa shape index (κ3) is 5.30. The van der Waals surface area contributed by atoms with E-state index in [2.05, 4.69) is 28.0 Å². The minimum Gasteiger partial charge on any atom is -0.399 e. The molecule has 4 heterocycles. The van der Waals surface area contributed by atoms with Gasteiger partial charge in [0.15, 0.2) is 10.7 Å². The summed E-state index contributed by atoms with van der Waals surface area (Å²) in [5, 5.41) is 1.20. The van der Waals surface area contributed by atoms with Gasteiger partial charge in [0, 0.05) is 61.9 Å². The molecule has 5 rings (SSSR count). The maximum atomic E-state index is 11.0. The van der Waals surface area contributed by atoms with Crippen molar-refractivity contribution in [1.82, 2.24) is 14.8 Å². The number of nitrogens with two attached hydrogens (primary N) is 1. The molecule has 176 valence electrons. The summed E-state index contributed by atoms with van der Waals surface area (Å²) in [6.07, 6.45) is 0. The molecule has 0 aliphatic carbocycles. The fourth-order valence-electron chi connectivity index (χ4n) is 4.47. The van der Waals surface area contributed by atoms with Gasteiger partial charge >= 0.3 is 0 Å². The van der Waals surface area contributed by atoms with Crippen molar-refractivity contribution in [1.29, 1.82) is 0 Å². The molecule has 2 aromatic heterocycles. The smallest absolute Gasteiger partial charge is 0.153 e. The number of piperazine rings is 1. The van der Waals surface area contributed by atoms with Crippen LogP contribution >= 0.6 is 11.3 Å². The highest BCUT2D eigenvalue weighted by Crippen LogP contribution is 2.37. The van der Waals surface area contributed by atoms with Crippen molar-refractivity contribution in [2.45, 2.75) is 6.54 Å². The van der Waals surface area contributed by atoms with Gasteiger partial charge in [-0.1, -0.05) is 12.1 Å². The molecular weight excluding hydrogens is 458 g/mol. The number of hydrogen-bond acceptors (Lipinski definition) is 9. The molecule has 0 saturated carbocycles. The minimum atomic E-state index is -2.35. The highest BCUT2D eigenvalue weighted by Gasteiger charge is 2.21. The standard InChI is InChI=1S/C23H29N5O3S2/c24-19-3-1-2-17(12-19)21-14-18-13-20(15-26-4-6-27(7-5-26)16-33(29)30)32-22(18)23(25-21)28-8-10-31-11-9-28/h1-3,12-14,33H,4-11,15-16,24H2. The number of anilines is 2. The predicted molar refractivity (Wildman–Crippen MR) is 135 cm³/mol. The Hall–Kier alpha value is -2.24. The Morgan fingerprint density at radius 2 is 1.76 bits per heavy atom. The van der Waals surface area contributed by atoms with E-state index < -0.39 is 10.7 Å². The van der Waals surface area contributed by atoms with E-state index in [4.69, 9.17) is 15.5 Å². The second kappa shape index (κ2) is 9.94. The van der Waals surface area contributed by atoms with Crippen molar-refractivity contribution in [3.05, 3.63) is 41.3 Å². The van der Waals surface area contributed by atoms with Crippen LogP contribution in [0, 0.1) is 0 Å². The molecule has 33 heavy (non-hydrogen) atoms. The Labute approximate surface area is 199 Å². The Bertz CT molecular complexity index is 1190. The molecule has 2 fully saturated rings. The molecule has 0 atom stereocenters. The van der Waals surface area contributed by atoms with Crippen LogP contribution in [0.2, 0.25) is 0 Å². The zero-order valence-corrected chi connectivity index (χ0v) is 20.2. The summed E-state index contributed by atoms with van der Waals surface area (Å²) in [4.78, 5) is 13.1. The molecule has 2 saturated heterocycles. The molecule has 2 N–H and O–H groups in total. The van der Waals surface area contributed by atoms with E-state index in [1.807, 2.05) is 34.4 Å². The van der Waals surface area contributed by atoms with Gasteiger partial charge in [0.25, 0.3) is 0 Å².